The number of rotatable bonds is 6. The fourth-order valence-corrected chi connectivity index (χ4v) is 6.05. The van der Waals surface area contributed by atoms with Gasteiger partial charge in [0.25, 0.3) is 0 Å². The summed E-state index contributed by atoms with van der Waals surface area (Å²) in [7, 11) is -3.41. The van der Waals surface area contributed by atoms with Crippen molar-refractivity contribution in [2.24, 2.45) is 0 Å². The molecule has 0 bridgehead atoms. The Morgan fingerprint density at radius 1 is 1.05 bits per heavy atom. The predicted octanol–water partition coefficient (Wildman–Crippen LogP) is 6.04. The van der Waals surface area contributed by atoms with E-state index >= 15 is 0 Å². The molecule has 0 radical (unpaired) electrons. The van der Waals surface area contributed by atoms with E-state index < -0.39 is 10.0 Å². The van der Waals surface area contributed by atoms with Crippen molar-refractivity contribution in [3.8, 4) is 5.69 Å². The lowest BCUT2D eigenvalue weighted by molar-refractivity contribution is 0.549. The van der Waals surface area contributed by atoms with E-state index in [2.05, 4.69) is 15.0 Å². The molecule has 1 aliphatic rings. The molecule has 0 aliphatic carbocycles. The lowest BCUT2D eigenvalue weighted by Crippen LogP contribution is -2.30. The molecule has 2 atom stereocenters. The molecule has 190 valence electrons. The third kappa shape index (κ3) is 5.17. The van der Waals surface area contributed by atoms with E-state index in [1.165, 1.54) is 0 Å². The summed E-state index contributed by atoms with van der Waals surface area (Å²) >= 11 is 18.6. The standard InChI is InChI=1S/C26H23Cl2N5O2S2/c1-16-14-18(9-10-20(16)31-37(2,34)35)33-25(24(30-26(33)36)21-6-3-4-12-29-21)23-7-5-13-32(23)22-11-8-17(27)15-19(22)28/h3-15,24-25,31H,1-2H3,(H,30,36)/t24-,25-/m1/s1. The Bertz CT molecular complexity index is 1590. The van der Waals surface area contributed by atoms with Gasteiger partial charge >= 0.3 is 0 Å². The van der Waals surface area contributed by atoms with Gasteiger partial charge in [0, 0.05) is 28.8 Å². The van der Waals surface area contributed by atoms with Gasteiger partial charge in [0.05, 0.1) is 34.4 Å². The quantitative estimate of drug-likeness (QED) is 0.275. The van der Waals surface area contributed by atoms with Crippen LogP contribution in [0.5, 0.6) is 0 Å². The van der Waals surface area contributed by atoms with Crippen molar-refractivity contribution in [3.63, 3.8) is 0 Å². The van der Waals surface area contributed by atoms with Gasteiger partial charge in [-0.05, 0) is 85.4 Å². The van der Waals surface area contributed by atoms with Gasteiger partial charge in [0.15, 0.2) is 5.11 Å². The maximum Gasteiger partial charge on any atom is 0.229 e. The molecule has 0 amide bonds. The van der Waals surface area contributed by atoms with Crippen LogP contribution in [0, 0.1) is 6.92 Å². The summed E-state index contributed by atoms with van der Waals surface area (Å²) < 4.78 is 28.2. The fraction of sp³-hybridized carbons (Fsp3) is 0.154. The van der Waals surface area contributed by atoms with Crippen LogP contribution in [0.1, 0.15) is 29.0 Å². The molecular formula is C26H23Cl2N5O2S2. The van der Waals surface area contributed by atoms with Crippen molar-refractivity contribution in [3.05, 3.63) is 106 Å². The Morgan fingerprint density at radius 2 is 1.86 bits per heavy atom. The third-order valence-electron chi connectivity index (χ3n) is 6.13. The minimum absolute atomic E-state index is 0.262. The molecule has 1 fully saturated rings. The molecule has 2 aromatic carbocycles. The first-order valence-electron chi connectivity index (χ1n) is 11.3. The minimum Gasteiger partial charge on any atom is -0.351 e. The first kappa shape index (κ1) is 25.5. The summed E-state index contributed by atoms with van der Waals surface area (Å²) in [6, 6.07) is 20.1. The van der Waals surface area contributed by atoms with Crippen molar-refractivity contribution in [1.82, 2.24) is 14.9 Å². The van der Waals surface area contributed by atoms with E-state index in [1.54, 1.807) is 24.4 Å². The second kappa shape index (κ2) is 9.98. The van der Waals surface area contributed by atoms with E-state index in [0.29, 0.717) is 20.8 Å². The summed E-state index contributed by atoms with van der Waals surface area (Å²) in [6.45, 7) is 1.85. The predicted molar refractivity (Wildman–Crippen MR) is 153 cm³/mol. The molecule has 3 heterocycles. The molecular weight excluding hydrogens is 549 g/mol. The second-order valence-corrected chi connectivity index (χ2v) is 11.7. The molecule has 7 nitrogen and oxygen atoms in total. The molecule has 2 aromatic heterocycles. The first-order valence-corrected chi connectivity index (χ1v) is 14.4. The van der Waals surface area contributed by atoms with Crippen LogP contribution in [0.2, 0.25) is 10.0 Å². The van der Waals surface area contributed by atoms with Crippen molar-refractivity contribution < 1.29 is 8.42 Å². The van der Waals surface area contributed by atoms with Crippen LogP contribution >= 0.6 is 35.4 Å². The SMILES string of the molecule is Cc1cc(N2C(=S)N[C@H](c3ccccn3)[C@H]2c2cccn2-c2ccc(Cl)cc2Cl)ccc1NS(C)(=O)=O. The van der Waals surface area contributed by atoms with E-state index in [4.69, 9.17) is 35.4 Å². The number of hydrogen-bond acceptors (Lipinski definition) is 4. The first-order chi connectivity index (χ1) is 17.6. The maximum absolute atomic E-state index is 11.8. The topological polar surface area (TPSA) is 79.3 Å². The van der Waals surface area contributed by atoms with E-state index in [-0.39, 0.29) is 12.1 Å². The highest BCUT2D eigenvalue weighted by atomic mass is 35.5. The average molecular weight is 573 g/mol. The minimum atomic E-state index is -3.41. The number of halogens is 2. The molecule has 1 aliphatic heterocycles. The Balaban J connectivity index is 1.65. The Hall–Kier alpha value is -3.11. The Morgan fingerprint density at radius 3 is 2.54 bits per heavy atom. The highest BCUT2D eigenvalue weighted by molar-refractivity contribution is 7.92. The molecule has 37 heavy (non-hydrogen) atoms. The zero-order chi connectivity index (χ0) is 26.3. The van der Waals surface area contributed by atoms with Gasteiger partial charge in [-0.15, -0.1) is 0 Å². The van der Waals surface area contributed by atoms with Crippen molar-refractivity contribution >= 4 is 61.9 Å². The van der Waals surface area contributed by atoms with Crippen LogP contribution in [-0.4, -0.2) is 29.3 Å². The maximum atomic E-state index is 11.8. The number of aryl methyl sites for hydroxylation is 1. The normalized spacial score (nSPS) is 17.6. The fourth-order valence-electron chi connectivity index (χ4n) is 4.58. The molecule has 1 saturated heterocycles. The number of nitrogens with one attached hydrogen (secondary N) is 2. The van der Waals surface area contributed by atoms with Crippen LogP contribution < -0.4 is 14.9 Å². The number of nitrogens with zero attached hydrogens (tertiary/aromatic N) is 3. The molecule has 0 unspecified atom stereocenters. The highest BCUT2D eigenvalue weighted by Crippen LogP contribution is 2.43. The van der Waals surface area contributed by atoms with Crippen LogP contribution in [0.15, 0.2) is 79.1 Å². The molecule has 2 N–H and O–H groups in total. The average Bonchev–Trinajstić information content (AvgIpc) is 3.44. The Kier molecular flexibility index (Phi) is 6.89. The third-order valence-corrected chi connectivity index (χ3v) is 7.58. The monoisotopic (exact) mass is 571 g/mol. The molecule has 0 spiro atoms. The molecule has 4 aromatic rings. The zero-order valence-electron chi connectivity index (χ0n) is 19.9. The largest absolute Gasteiger partial charge is 0.351 e. The number of aromatic nitrogens is 2. The van der Waals surface area contributed by atoms with Gasteiger partial charge in [-0.1, -0.05) is 29.3 Å². The number of anilines is 2. The smallest absolute Gasteiger partial charge is 0.229 e. The van der Waals surface area contributed by atoms with E-state index in [1.807, 2.05) is 71.1 Å². The van der Waals surface area contributed by atoms with Gasteiger partial charge in [-0.25, -0.2) is 8.42 Å². The van der Waals surface area contributed by atoms with Crippen LogP contribution in [0.4, 0.5) is 11.4 Å². The summed E-state index contributed by atoms with van der Waals surface area (Å²) in [5.41, 5.74) is 4.64. The number of thiocarbonyl (C=S) groups is 1. The molecule has 5 rings (SSSR count). The van der Waals surface area contributed by atoms with Gasteiger partial charge in [0.2, 0.25) is 10.0 Å². The van der Waals surface area contributed by atoms with Gasteiger partial charge in [-0.3, -0.25) is 9.71 Å². The summed E-state index contributed by atoms with van der Waals surface area (Å²) in [4.78, 5) is 6.64. The van der Waals surface area contributed by atoms with Gasteiger partial charge in [0.1, 0.15) is 6.04 Å². The zero-order valence-corrected chi connectivity index (χ0v) is 23.0. The van der Waals surface area contributed by atoms with E-state index in [9.17, 15) is 8.42 Å². The second-order valence-electron chi connectivity index (χ2n) is 8.77. The van der Waals surface area contributed by atoms with Crippen molar-refractivity contribution in [2.45, 2.75) is 19.0 Å². The van der Waals surface area contributed by atoms with E-state index in [0.717, 1.165) is 34.6 Å². The lowest BCUT2D eigenvalue weighted by atomic mass is 10.0. The summed E-state index contributed by atoms with van der Waals surface area (Å²) in [5, 5.41) is 5.05. The summed E-state index contributed by atoms with van der Waals surface area (Å²) in [6.07, 6.45) is 4.83. The van der Waals surface area contributed by atoms with Crippen LogP contribution in [0.25, 0.3) is 5.69 Å². The number of hydrogen-bond donors (Lipinski definition) is 2. The lowest BCUT2D eigenvalue weighted by Gasteiger charge is -2.29. The molecule has 0 saturated carbocycles. The van der Waals surface area contributed by atoms with Gasteiger partial charge in [-0.2, -0.15) is 0 Å². The van der Waals surface area contributed by atoms with Crippen LogP contribution in [0.3, 0.4) is 0 Å². The molecule has 11 heteroatoms. The number of sulfonamides is 1. The van der Waals surface area contributed by atoms with Crippen LogP contribution in [-0.2, 0) is 10.0 Å². The van der Waals surface area contributed by atoms with Crippen molar-refractivity contribution in [2.75, 3.05) is 15.9 Å². The van der Waals surface area contributed by atoms with Crippen molar-refractivity contribution in [1.29, 1.82) is 0 Å². The van der Waals surface area contributed by atoms with Gasteiger partial charge < -0.3 is 14.8 Å². The number of pyridine rings is 1. The summed E-state index contributed by atoms with van der Waals surface area (Å²) in [5.74, 6) is 0. The highest BCUT2D eigenvalue weighted by Gasteiger charge is 2.42. The Labute approximate surface area is 231 Å². The number of benzene rings is 2.